The minimum atomic E-state index is -0.0329. The number of carbonyl (C=O) groups excluding carboxylic acids is 1. The lowest BCUT2D eigenvalue weighted by atomic mass is 10.2. The second-order valence-electron chi connectivity index (χ2n) is 5.57. The zero-order valence-corrected chi connectivity index (χ0v) is 14.9. The lowest BCUT2D eigenvalue weighted by molar-refractivity contribution is -0.115. The van der Waals surface area contributed by atoms with Crippen molar-refractivity contribution < 1.29 is 4.79 Å². The zero-order chi connectivity index (χ0) is 16.9. The zero-order valence-electron chi connectivity index (χ0n) is 13.3. The number of hydrogen-bond acceptors (Lipinski definition) is 3. The Bertz CT molecular complexity index is 874. The van der Waals surface area contributed by atoms with E-state index in [1.807, 2.05) is 49.4 Å². The number of fused-ring (bicyclic) bond motifs is 1. The normalized spacial score (nSPS) is 10.6. The molecule has 0 bridgehead atoms. The van der Waals surface area contributed by atoms with Gasteiger partial charge < -0.3 is 10.6 Å². The average molecular weight is 384 g/mol. The Balaban J connectivity index is 1.58. The van der Waals surface area contributed by atoms with Crippen molar-refractivity contribution in [2.24, 2.45) is 0 Å². The molecule has 3 rings (SSSR count). The van der Waals surface area contributed by atoms with Gasteiger partial charge in [0.15, 0.2) is 0 Å². The number of rotatable bonds is 5. The van der Waals surface area contributed by atoms with E-state index in [1.165, 1.54) is 0 Å². The summed E-state index contributed by atoms with van der Waals surface area (Å²) in [5.41, 5.74) is 3.73. The fourth-order valence-electron chi connectivity index (χ4n) is 2.49. The molecule has 24 heavy (non-hydrogen) atoms. The molecule has 0 aliphatic carbocycles. The molecule has 1 amide bonds. The van der Waals surface area contributed by atoms with Crippen LogP contribution in [0.5, 0.6) is 0 Å². The van der Waals surface area contributed by atoms with Gasteiger partial charge >= 0.3 is 0 Å². The van der Waals surface area contributed by atoms with Gasteiger partial charge in [-0.1, -0.05) is 34.1 Å². The number of halogens is 1. The quantitative estimate of drug-likeness (QED) is 0.668. The van der Waals surface area contributed by atoms with Crippen LogP contribution < -0.4 is 10.6 Å². The number of para-hydroxylation sites is 1. The number of hydrogen-bond donors (Lipinski definition) is 2. The van der Waals surface area contributed by atoms with Crippen molar-refractivity contribution in [1.29, 1.82) is 0 Å². The topological polar surface area (TPSA) is 54.0 Å². The van der Waals surface area contributed by atoms with Crippen molar-refractivity contribution in [2.45, 2.75) is 13.3 Å². The Morgan fingerprint density at radius 2 is 2.00 bits per heavy atom. The summed E-state index contributed by atoms with van der Waals surface area (Å²) in [6, 6.07) is 15.7. The maximum absolute atomic E-state index is 12.2. The number of nitrogens with one attached hydrogen (secondary N) is 2. The van der Waals surface area contributed by atoms with Gasteiger partial charge in [0, 0.05) is 34.7 Å². The minimum Gasteiger partial charge on any atom is -0.385 e. The van der Waals surface area contributed by atoms with Crippen molar-refractivity contribution in [1.82, 2.24) is 4.98 Å². The van der Waals surface area contributed by atoms with Gasteiger partial charge in [-0.15, -0.1) is 0 Å². The molecule has 5 heteroatoms. The number of benzene rings is 2. The summed E-state index contributed by atoms with van der Waals surface area (Å²) in [7, 11) is 0. The maximum Gasteiger partial charge on any atom is 0.226 e. The third kappa shape index (κ3) is 3.92. The van der Waals surface area contributed by atoms with Crippen molar-refractivity contribution in [3.05, 3.63) is 64.8 Å². The van der Waals surface area contributed by atoms with Crippen LogP contribution in [0.3, 0.4) is 0 Å². The molecule has 2 N–H and O–H groups in total. The highest BCUT2D eigenvalue weighted by molar-refractivity contribution is 9.10. The van der Waals surface area contributed by atoms with Crippen LogP contribution in [-0.2, 0) is 4.79 Å². The molecular weight excluding hydrogens is 366 g/mol. The van der Waals surface area contributed by atoms with Crippen molar-refractivity contribution in [3.8, 4) is 0 Å². The van der Waals surface area contributed by atoms with Crippen LogP contribution in [0.4, 0.5) is 11.4 Å². The largest absolute Gasteiger partial charge is 0.385 e. The molecule has 0 spiro atoms. The highest BCUT2D eigenvalue weighted by atomic mass is 79.9. The van der Waals surface area contributed by atoms with Crippen LogP contribution in [-0.4, -0.2) is 17.4 Å². The van der Waals surface area contributed by atoms with Gasteiger partial charge in [-0.3, -0.25) is 9.78 Å². The third-order valence-corrected chi connectivity index (χ3v) is 4.64. The molecular formula is C19H18BrN3O. The van der Waals surface area contributed by atoms with E-state index >= 15 is 0 Å². The molecule has 0 atom stereocenters. The van der Waals surface area contributed by atoms with Crippen LogP contribution in [0.15, 0.2) is 59.2 Å². The molecule has 0 fully saturated rings. The Labute approximate surface area is 149 Å². The van der Waals surface area contributed by atoms with E-state index in [-0.39, 0.29) is 5.91 Å². The number of aryl methyl sites for hydroxylation is 1. The number of carbonyl (C=O) groups is 1. The minimum absolute atomic E-state index is 0.0329. The Hall–Kier alpha value is -2.40. The summed E-state index contributed by atoms with van der Waals surface area (Å²) in [6.45, 7) is 2.61. The van der Waals surface area contributed by atoms with Crippen molar-refractivity contribution in [3.63, 3.8) is 0 Å². The van der Waals surface area contributed by atoms with E-state index in [9.17, 15) is 4.79 Å². The first-order valence-corrected chi connectivity index (χ1v) is 8.56. The molecule has 0 unspecified atom stereocenters. The number of amides is 1. The Morgan fingerprint density at radius 1 is 1.17 bits per heavy atom. The fraction of sp³-hybridized carbons (Fsp3) is 0.158. The number of anilines is 2. The molecule has 4 nitrogen and oxygen atoms in total. The van der Waals surface area contributed by atoms with Crippen LogP contribution in [0, 0.1) is 6.92 Å². The van der Waals surface area contributed by atoms with Crippen LogP contribution >= 0.6 is 15.9 Å². The molecule has 0 saturated carbocycles. The van der Waals surface area contributed by atoms with Crippen LogP contribution in [0.1, 0.15) is 12.0 Å². The lowest BCUT2D eigenvalue weighted by Crippen LogP contribution is -2.16. The number of aromatic nitrogens is 1. The molecule has 122 valence electrons. The molecule has 2 aromatic carbocycles. The molecule has 0 aliphatic heterocycles. The van der Waals surface area contributed by atoms with Crippen LogP contribution in [0.2, 0.25) is 0 Å². The highest BCUT2D eigenvalue weighted by Gasteiger charge is 2.06. The van der Waals surface area contributed by atoms with Gasteiger partial charge in [-0.25, -0.2) is 0 Å². The molecule has 0 radical (unpaired) electrons. The van der Waals surface area contributed by atoms with Gasteiger partial charge in [0.1, 0.15) is 0 Å². The highest BCUT2D eigenvalue weighted by Crippen LogP contribution is 2.21. The lowest BCUT2D eigenvalue weighted by Gasteiger charge is -2.10. The number of pyridine rings is 1. The smallest absolute Gasteiger partial charge is 0.226 e. The van der Waals surface area contributed by atoms with Gasteiger partial charge in [0.2, 0.25) is 5.91 Å². The van der Waals surface area contributed by atoms with E-state index in [2.05, 4.69) is 37.6 Å². The molecule has 1 heterocycles. The maximum atomic E-state index is 12.2. The SMILES string of the molecule is Cc1cc(NCCC(=O)Nc2cccc3cccnc23)ccc1Br. The fourth-order valence-corrected chi connectivity index (χ4v) is 2.74. The second-order valence-corrected chi connectivity index (χ2v) is 6.42. The second kappa shape index (κ2) is 7.45. The Morgan fingerprint density at radius 3 is 2.83 bits per heavy atom. The van der Waals surface area contributed by atoms with E-state index in [1.54, 1.807) is 6.20 Å². The first-order chi connectivity index (χ1) is 11.6. The molecule has 1 aromatic heterocycles. The molecule has 0 aliphatic rings. The Kier molecular flexibility index (Phi) is 5.11. The van der Waals surface area contributed by atoms with Crippen molar-refractivity contribution in [2.75, 3.05) is 17.2 Å². The summed E-state index contributed by atoms with van der Waals surface area (Å²) in [6.07, 6.45) is 2.12. The molecule has 3 aromatic rings. The van der Waals surface area contributed by atoms with E-state index in [0.29, 0.717) is 13.0 Å². The predicted octanol–water partition coefficient (Wildman–Crippen LogP) is 4.75. The van der Waals surface area contributed by atoms with Gasteiger partial charge in [0.05, 0.1) is 11.2 Å². The van der Waals surface area contributed by atoms with Gasteiger partial charge in [-0.05, 0) is 42.8 Å². The summed E-state index contributed by atoms with van der Waals surface area (Å²) < 4.78 is 1.08. The standard InChI is InChI=1S/C19H18BrN3O/c1-13-12-15(7-8-16(13)20)21-11-9-18(24)23-17-6-2-4-14-5-3-10-22-19(14)17/h2-8,10,12,21H,9,11H2,1H3,(H,23,24). The van der Waals surface area contributed by atoms with E-state index in [4.69, 9.17) is 0 Å². The van der Waals surface area contributed by atoms with E-state index in [0.717, 1.165) is 32.3 Å². The average Bonchev–Trinajstić information content (AvgIpc) is 2.58. The van der Waals surface area contributed by atoms with Crippen molar-refractivity contribution >= 4 is 44.1 Å². The summed E-state index contributed by atoms with van der Waals surface area (Å²) in [5.74, 6) is -0.0329. The summed E-state index contributed by atoms with van der Waals surface area (Å²) >= 11 is 3.48. The predicted molar refractivity (Wildman–Crippen MR) is 102 cm³/mol. The van der Waals surface area contributed by atoms with E-state index < -0.39 is 0 Å². The van der Waals surface area contributed by atoms with Gasteiger partial charge in [0.25, 0.3) is 0 Å². The first kappa shape index (κ1) is 16.5. The summed E-state index contributed by atoms with van der Waals surface area (Å²) in [4.78, 5) is 16.5. The third-order valence-electron chi connectivity index (χ3n) is 3.75. The van der Waals surface area contributed by atoms with Gasteiger partial charge in [-0.2, -0.15) is 0 Å². The summed E-state index contributed by atoms with van der Waals surface area (Å²) in [5, 5.41) is 7.22. The number of nitrogens with zero attached hydrogens (tertiary/aromatic N) is 1. The monoisotopic (exact) mass is 383 g/mol. The molecule has 0 saturated heterocycles. The van der Waals surface area contributed by atoms with Crippen LogP contribution in [0.25, 0.3) is 10.9 Å². The first-order valence-electron chi connectivity index (χ1n) is 7.77.